The van der Waals surface area contributed by atoms with Crippen LogP contribution in [-0.4, -0.2) is 37.8 Å². The third kappa shape index (κ3) is 5.84. The van der Waals surface area contributed by atoms with Crippen molar-refractivity contribution in [2.45, 2.75) is 11.8 Å². The van der Waals surface area contributed by atoms with Crippen molar-refractivity contribution in [3.8, 4) is 51.6 Å². The van der Waals surface area contributed by atoms with E-state index in [1.807, 2.05) is 66.9 Å². The first-order valence-corrected chi connectivity index (χ1v) is 13.9. The summed E-state index contributed by atoms with van der Waals surface area (Å²) in [7, 11) is 0. The molecule has 0 aliphatic carbocycles. The van der Waals surface area contributed by atoms with Crippen LogP contribution in [-0.2, 0) is 6.61 Å². The summed E-state index contributed by atoms with van der Waals surface area (Å²) in [5.74, 6) is 1.05. The van der Waals surface area contributed by atoms with Crippen LogP contribution in [0.1, 0.15) is 5.56 Å². The molecule has 5 aromatic rings. The molecule has 0 unspecified atom stereocenters. The fourth-order valence-electron chi connectivity index (χ4n) is 4.01. The Hall–Kier alpha value is -4.23. The third-order valence-electron chi connectivity index (χ3n) is 5.81. The van der Waals surface area contributed by atoms with Crippen LogP contribution >= 0.6 is 35.0 Å². The minimum Gasteiger partial charge on any atom is -0.489 e. The molecular weight excluding hydrogens is 569 g/mol. The van der Waals surface area contributed by atoms with E-state index in [0.717, 1.165) is 10.3 Å². The maximum atomic E-state index is 11.5. The lowest BCUT2D eigenvalue weighted by atomic mass is 10.1. The van der Waals surface area contributed by atoms with Gasteiger partial charge in [-0.05, 0) is 42.2 Å². The summed E-state index contributed by atoms with van der Waals surface area (Å²) in [6.07, 6.45) is 3.48. The highest BCUT2D eigenvalue weighted by Crippen LogP contribution is 2.42. The Morgan fingerprint density at radius 1 is 0.950 bits per heavy atom. The zero-order valence-electron chi connectivity index (χ0n) is 21.1. The van der Waals surface area contributed by atoms with Crippen molar-refractivity contribution in [3.63, 3.8) is 0 Å². The number of aromatic nitrogens is 4. The number of nitrogens with zero attached hydrogens (tertiary/aromatic N) is 5. The first-order chi connectivity index (χ1) is 19.5. The summed E-state index contributed by atoms with van der Waals surface area (Å²) in [5.41, 5.74) is 3.22. The van der Waals surface area contributed by atoms with E-state index in [-0.39, 0.29) is 22.5 Å². The molecule has 0 fully saturated rings. The van der Waals surface area contributed by atoms with Gasteiger partial charge in [0.25, 0.3) is 0 Å². The molecule has 0 aliphatic rings. The van der Waals surface area contributed by atoms with Gasteiger partial charge in [0.15, 0.2) is 17.6 Å². The number of ether oxygens (including phenoxy) is 2. The lowest BCUT2D eigenvalue weighted by molar-refractivity contribution is 0.195. The number of benzene rings is 3. The second kappa shape index (κ2) is 12.3. The van der Waals surface area contributed by atoms with Crippen molar-refractivity contribution in [2.75, 3.05) is 12.9 Å². The Labute approximate surface area is 244 Å². The number of imidazole rings is 1. The summed E-state index contributed by atoms with van der Waals surface area (Å²) in [6, 6.07) is 23.9. The Balaban J connectivity index is 1.62. The number of halogens is 2. The number of thioether (sulfide) groups is 1. The highest BCUT2D eigenvalue weighted by molar-refractivity contribution is 7.98. The van der Waals surface area contributed by atoms with Crippen molar-refractivity contribution < 1.29 is 14.7 Å². The molecule has 0 bridgehead atoms. The number of nitriles is 1. The van der Waals surface area contributed by atoms with E-state index in [9.17, 15) is 5.21 Å². The van der Waals surface area contributed by atoms with E-state index in [1.54, 1.807) is 12.3 Å². The van der Waals surface area contributed by atoms with Crippen LogP contribution in [0.25, 0.3) is 34.0 Å². The van der Waals surface area contributed by atoms with Gasteiger partial charge >= 0.3 is 0 Å². The predicted molar refractivity (Wildman–Crippen MR) is 155 cm³/mol. The fourth-order valence-corrected chi connectivity index (χ4v) is 5.00. The molecule has 3 aromatic carbocycles. The maximum absolute atomic E-state index is 11.5. The molecule has 5 rings (SSSR count). The van der Waals surface area contributed by atoms with Gasteiger partial charge in [-0.15, -0.1) is 0 Å². The molecule has 0 saturated heterocycles. The smallest absolute Gasteiger partial charge is 0.187 e. The second-order valence-corrected chi connectivity index (χ2v) is 9.97. The Morgan fingerprint density at radius 2 is 1.73 bits per heavy atom. The molecule has 0 saturated carbocycles. The van der Waals surface area contributed by atoms with Gasteiger partial charge < -0.3 is 14.7 Å². The fraction of sp³-hybridized carbons (Fsp3) is 0.103. The van der Waals surface area contributed by atoms with Crippen LogP contribution < -0.4 is 9.47 Å². The average Bonchev–Trinajstić information content (AvgIpc) is 3.31. The Bertz CT molecular complexity index is 1680. The number of rotatable bonds is 9. The summed E-state index contributed by atoms with van der Waals surface area (Å²) in [6.45, 7) is 0.231. The molecule has 200 valence electrons. The minimum absolute atomic E-state index is 0.103. The van der Waals surface area contributed by atoms with Gasteiger partial charge in [0, 0.05) is 11.8 Å². The van der Waals surface area contributed by atoms with Gasteiger partial charge in [0.1, 0.15) is 35.6 Å². The SMILES string of the molecule is CSc1nccc(-c2c(-c3cccc(OCc4ccccc4)c3)nc(-c3c(Cl)cc(OCC#N)cc3Cl)n2O)n1. The predicted octanol–water partition coefficient (Wildman–Crippen LogP) is 7.42. The summed E-state index contributed by atoms with van der Waals surface area (Å²) in [4.78, 5) is 13.6. The molecular formula is C29H21Cl2N5O3S. The van der Waals surface area contributed by atoms with Crippen LogP contribution in [0.3, 0.4) is 0 Å². The molecule has 11 heteroatoms. The highest BCUT2D eigenvalue weighted by atomic mass is 35.5. The van der Waals surface area contributed by atoms with Crippen molar-refractivity contribution in [3.05, 3.63) is 94.6 Å². The lowest BCUT2D eigenvalue weighted by Crippen LogP contribution is -2.01. The lowest BCUT2D eigenvalue weighted by Gasteiger charge is -2.10. The van der Waals surface area contributed by atoms with E-state index >= 15 is 0 Å². The Morgan fingerprint density at radius 3 is 2.45 bits per heavy atom. The first-order valence-electron chi connectivity index (χ1n) is 11.9. The molecule has 0 spiro atoms. The number of hydrogen-bond donors (Lipinski definition) is 1. The van der Waals surface area contributed by atoms with Gasteiger partial charge in [0.05, 0.1) is 21.3 Å². The molecule has 0 radical (unpaired) electrons. The largest absolute Gasteiger partial charge is 0.489 e. The monoisotopic (exact) mass is 589 g/mol. The summed E-state index contributed by atoms with van der Waals surface area (Å²) >= 11 is 14.5. The first kappa shape index (κ1) is 27.3. The van der Waals surface area contributed by atoms with Crippen molar-refractivity contribution >= 4 is 35.0 Å². The van der Waals surface area contributed by atoms with Gasteiger partial charge in [-0.1, -0.05) is 77.4 Å². The topological polar surface area (TPSA) is 106 Å². The van der Waals surface area contributed by atoms with E-state index < -0.39 is 0 Å². The number of hydrogen-bond acceptors (Lipinski definition) is 8. The third-order valence-corrected chi connectivity index (χ3v) is 6.97. The quantitative estimate of drug-likeness (QED) is 0.107. The van der Waals surface area contributed by atoms with Crippen LogP contribution in [0.15, 0.2) is 84.1 Å². The summed E-state index contributed by atoms with van der Waals surface area (Å²) < 4.78 is 12.3. The van der Waals surface area contributed by atoms with E-state index in [2.05, 4.69) is 9.97 Å². The van der Waals surface area contributed by atoms with Gasteiger partial charge in [0.2, 0.25) is 0 Å². The van der Waals surface area contributed by atoms with Crippen LogP contribution in [0.4, 0.5) is 0 Å². The van der Waals surface area contributed by atoms with Crippen molar-refractivity contribution in [1.82, 2.24) is 19.7 Å². The van der Waals surface area contributed by atoms with Crippen LogP contribution in [0.2, 0.25) is 10.0 Å². The van der Waals surface area contributed by atoms with Crippen molar-refractivity contribution in [1.29, 1.82) is 5.26 Å². The van der Waals surface area contributed by atoms with Crippen molar-refractivity contribution in [2.24, 2.45) is 0 Å². The summed E-state index contributed by atoms with van der Waals surface area (Å²) in [5, 5.41) is 21.2. The molecule has 0 atom stereocenters. The molecule has 1 N–H and O–H groups in total. The standard InChI is InChI=1S/C29H21Cl2N5O3S/c1-40-29-33-12-10-24(34-29)27-26(19-8-5-9-20(14-19)39-17-18-6-3-2-4-7-18)35-28(36(27)37)25-22(30)15-21(16-23(25)31)38-13-11-32/h2-10,12,14-16,37H,13,17H2,1H3. The molecule has 8 nitrogen and oxygen atoms in total. The van der Waals surface area contributed by atoms with Gasteiger partial charge in [-0.2, -0.15) is 9.99 Å². The molecule has 0 amide bonds. The van der Waals surface area contributed by atoms with Crippen LogP contribution in [0.5, 0.6) is 11.5 Å². The molecule has 2 aromatic heterocycles. The van der Waals surface area contributed by atoms with Gasteiger partial charge in [-0.25, -0.2) is 15.0 Å². The van der Waals surface area contributed by atoms with Crippen LogP contribution in [0, 0.1) is 11.3 Å². The van der Waals surface area contributed by atoms with Gasteiger partial charge in [-0.3, -0.25) is 0 Å². The molecule has 40 heavy (non-hydrogen) atoms. The maximum Gasteiger partial charge on any atom is 0.187 e. The zero-order chi connectivity index (χ0) is 28.1. The molecule has 0 aliphatic heterocycles. The van der Waals surface area contributed by atoms with E-state index in [0.29, 0.717) is 51.5 Å². The average molecular weight is 590 g/mol. The van der Waals surface area contributed by atoms with E-state index in [1.165, 1.54) is 23.9 Å². The Kier molecular flexibility index (Phi) is 8.41. The second-order valence-electron chi connectivity index (χ2n) is 8.38. The van der Waals surface area contributed by atoms with E-state index in [4.69, 9.17) is 42.9 Å². The molecule has 2 heterocycles. The zero-order valence-corrected chi connectivity index (χ0v) is 23.4. The normalized spacial score (nSPS) is 10.8. The minimum atomic E-state index is -0.164. The highest BCUT2D eigenvalue weighted by Gasteiger charge is 2.26.